The Labute approximate surface area is 145 Å². The van der Waals surface area contributed by atoms with Crippen molar-refractivity contribution in [3.05, 3.63) is 59.2 Å². The second-order valence-electron chi connectivity index (χ2n) is 6.73. The average Bonchev–Trinajstić information content (AvgIpc) is 2.51. The molecule has 3 nitrogen and oxygen atoms in total. The maximum atomic E-state index is 13.7. The Morgan fingerprint density at radius 3 is 2.36 bits per heavy atom. The molecule has 1 aliphatic rings. The number of allylic oxidation sites excluding steroid dienone is 1. The number of hydrogen-bond acceptors (Lipinski definition) is 3. The summed E-state index contributed by atoms with van der Waals surface area (Å²) in [6.07, 6.45) is 2.01. The second kappa shape index (κ2) is 5.99. The van der Waals surface area contributed by atoms with Crippen molar-refractivity contribution in [2.75, 3.05) is 12.4 Å². The highest BCUT2D eigenvalue weighted by molar-refractivity contribution is 6.05. The molecule has 0 saturated carbocycles. The van der Waals surface area contributed by atoms with Crippen LogP contribution in [-0.4, -0.2) is 18.6 Å². The van der Waals surface area contributed by atoms with E-state index in [-0.39, 0.29) is 5.54 Å². The molecule has 0 aromatic heterocycles. The zero-order valence-corrected chi connectivity index (χ0v) is 14.5. The van der Waals surface area contributed by atoms with Crippen molar-refractivity contribution in [3.8, 4) is 11.1 Å². The van der Waals surface area contributed by atoms with Crippen LogP contribution in [-0.2, 0) is 4.74 Å². The summed E-state index contributed by atoms with van der Waals surface area (Å²) in [4.78, 5) is 12.5. The van der Waals surface area contributed by atoms with Crippen molar-refractivity contribution in [2.24, 2.45) is 0 Å². The predicted molar refractivity (Wildman–Crippen MR) is 94.5 cm³/mol. The molecule has 0 radical (unpaired) electrons. The fourth-order valence-corrected chi connectivity index (χ4v) is 3.38. The van der Waals surface area contributed by atoms with Crippen molar-refractivity contribution in [1.82, 2.24) is 0 Å². The Morgan fingerprint density at radius 2 is 1.76 bits per heavy atom. The first-order chi connectivity index (χ1) is 11.7. The van der Waals surface area contributed by atoms with Gasteiger partial charge in [0.25, 0.3) is 0 Å². The average molecular weight is 343 g/mol. The quantitative estimate of drug-likeness (QED) is 0.778. The van der Waals surface area contributed by atoms with Gasteiger partial charge in [-0.05, 0) is 55.7 Å². The third kappa shape index (κ3) is 3.14. The molecule has 0 aliphatic carbocycles. The van der Waals surface area contributed by atoms with E-state index >= 15 is 0 Å². The Balaban J connectivity index is 2.32. The third-order valence-electron chi connectivity index (χ3n) is 4.20. The molecular formula is C20H19F2NO2. The van der Waals surface area contributed by atoms with E-state index in [4.69, 9.17) is 4.74 Å². The summed E-state index contributed by atoms with van der Waals surface area (Å²) in [5.41, 5.74) is 3.12. The Kier molecular flexibility index (Phi) is 4.11. The number of methoxy groups -OCH3 is 1. The van der Waals surface area contributed by atoms with Crippen LogP contribution in [0, 0.1) is 11.6 Å². The Hall–Kier alpha value is -2.69. The lowest BCUT2D eigenvalue weighted by atomic mass is 9.85. The van der Waals surface area contributed by atoms with Gasteiger partial charge in [-0.15, -0.1) is 0 Å². The number of esters is 1. The SMILES string of the molecule is COC(=O)c1c(-c2cc(F)cc(F)c2)ccc2c1C(C)=CC(C)(C)N2. The van der Waals surface area contributed by atoms with Gasteiger partial charge < -0.3 is 10.1 Å². The van der Waals surface area contributed by atoms with Gasteiger partial charge in [0, 0.05) is 17.3 Å². The standard InChI is InChI=1S/C20H19F2NO2/c1-11-10-20(2,3)23-16-6-5-15(18(17(11)16)19(24)25-4)12-7-13(21)9-14(22)8-12/h5-10,23H,1-4H3. The molecule has 2 aromatic rings. The van der Waals surface area contributed by atoms with E-state index in [0.29, 0.717) is 22.3 Å². The number of benzene rings is 2. The number of fused-ring (bicyclic) bond motifs is 1. The Morgan fingerprint density at radius 1 is 1.12 bits per heavy atom. The van der Waals surface area contributed by atoms with Crippen LogP contribution < -0.4 is 5.32 Å². The molecule has 3 rings (SSSR count). The van der Waals surface area contributed by atoms with E-state index in [9.17, 15) is 13.6 Å². The van der Waals surface area contributed by atoms with Gasteiger partial charge in [0.2, 0.25) is 0 Å². The van der Waals surface area contributed by atoms with Crippen molar-refractivity contribution < 1.29 is 18.3 Å². The molecule has 0 bridgehead atoms. The van der Waals surface area contributed by atoms with E-state index in [2.05, 4.69) is 5.32 Å². The summed E-state index contributed by atoms with van der Waals surface area (Å²) >= 11 is 0. The molecule has 130 valence electrons. The monoisotopic (exact) mass is 343 g/mol. The van der Waals surface area contributed by atoms with Crippen molar-refractivity contribution >= 4 is 17.2 Å². The van der Waals surface area contributed by atoms with Crippen LogP contribution in [0.2, 0.25) is 0 Å². The lowest BCUT2D eigenvalue weighted by molar-refractivity contribution is 0.0601. The zero-order chi connectivity index (χ0) is 18.4. The van der Waals surface area contributed by atoms with Gasteiger partial charge in [-0.3, -0.25) is 0 Å². The van der Waals surface area contributed by atoms with Crippen molar-refractivity contribution in [1.29, 1.82) is 0 Å². The summed E-state index contributed by atoms with van der Waals surface area (Å²) in [7, 11) is 1.29. The number of carbonyl (C=O) groups excluding carboxylic acids is 1. The first-order valence-electron chi connectivity index (χ1n) is 7.91. The maximum absolute atomic E-state index is 13.7. The van der Waals surface area contributed by atoms with Crippen LogP contribution in [0.1, 0.15) is 36.7 Å². The summed E-state index contributed by atoms with van der Waals surface area (Å²) in [5, 5.41) is 3.36. The molecule has 1 N–H and O–H groups in total. The van der Waals surface area contributed by atoms with Crippen LogP contribution in [0.3, 0.4) is 0 Å². The molecule has 1 heterocycles. The number of ether oxygens (including phenoxy) is 1. The lowest BCUT2D eigenvalue weighted by Gasteiger charge is -2.33. The van der Waals surface area contributed by atoms with Gasteiger partial charge in [0.05, 0.1) is 18.2 Å². The number of anilines is 1. The van der Waals surface area contributed by atoms with Crippen LogP contribution in [0.25, 0.3) is 16.7 Å². The molecule has 1 aliphatic heterocycles. The molecule has 0 unspecified atom stereocenters. The van der Waals surface area contributed by atoms with Crippen LogP contribution >= 0.6 is 0 Å². The Bertz CT molecular complexity index is 881. The molecule has 0 amide bonds. The smallest absolute Gasteiger partial charge is 0.339 e. The lowest BCUT2D eigenvalue weighted by Crippen LogP contribution is -2.32. The fraction of sp³-hybridized carbons (Fsp3) is 0.250. The highest BCUT2D eigenvalue weighted by Gasteiger charge is 2.29. The van der Waals surface area contributed by atoms with Crippen LogP contribution in [0.4, 0.5) is 14.5 Å². The molecule has 0 saturated heterocycles. The van der Waals surface area contributed by atoms with Crippen LogP contribution in [0.5, 0.6) is 0 Å². The van der Waals surface area contributed by atoms with E-state index in [0.717, 1.165) is 17.3 Å². The maximum Gasteiger partial charge on any atom is 0.339 e. The minimum atomic E-state index is -0.699. The molecule has 2 aromatic carbocycles. The molecule has 0 atom stereocenters. The second-order valence-corrected chi connectivity index (χ2v) is 6.73. The van der Waals surface area contributed by atoms with Crippen molar-refractivity contribution in [2.45, 2.75) is 26.3 Å². The van der Waals surface area contributed by atoms with Gasteiger partial charge >= 0.3 is 5.97 Å². The summed E-state index contributed by atoms with van der Waals surface area (Å²) in [6.45, 7) is 5.95. The highest BCUT2D eigenvalue weighted by Crippen LogP contribution is 2.40. The van der Waals surface area contributed by atoms with Gasteiger partial charge in [-0.1, -0.05) is 12.1 Å². The van der Waals surface area contributed by atoms with Gasteiger partial charge in [-0.2, -0.15) is 0 Å². The van der Waals surface area contributed by atoms with Gasteiger partial charge in [-0.25, -0.2) is 13.6 Å². The van der Waals surface area contributed by atoms with Crippen LogP contribution in [0.15, 0.2) is 36.4 Å². The summed E-state index contributed by atoms with van der Waals surface area (Å²) in [5.74, 6) is -1.95. The van der Waals surface area contributed by atoms with E-state index in [1.165, 1.54) is 19.2 Å². The van der Waals surface area contributed by atoms with Gasteiger partial charge in [0.1, 0.15) is 11.6 Å². The van der Waals surface area contributed by atoms with E-state index in [1.54, 1.807) is 6.07 Å². The largest absolute Gasteiger partial charge is 0.465 e. The number of rotatable bonds is 2. The van der Waals surface area contributed by atoms with Crippen molar-refractivity contribution in [3.63, 3.8) is 0 Å². The summed E-state index contributed by atoms with van der Waals surface area (Å²) in [6, 6.07) is 6.71. The predicted octanol–water partition coefficient (Wildman–Crippen LogP) is 5.03. The minimum absolute atomic E-state index is 0.267. The first-order valence-corrected chi connectivity index (χ1v) is 7.91. The van der Waals surface area contributed by atoms with E-state index < -0.39 is 17.6 Å². The molecule has 0 spiro atoms. The zero-order valence-electron chi connectivity index (χ0n) is 14.5. The number of nitrogens with one attached hydrogen (secondary N) is 1. The van der Waals surface area contributed by atoms with Gasteiger partial charge in [0.15, 0.2) is 0 Å². The fourth-order valence-electron chi connectivity index (χ4n) is 3.38. The highest BCUT2D eigenvalue weighted by atomic mass is 19.1. The molecular weight excluding hydrogens is 324 g/mol. The molecule has 0 fully saturated rings. The first kappa shape index (κ1) is 17.1. The van der Waals surface area contributed by atoms with E-state index in [1.807, 2.05) is 32.9 Å². The normalized spacial score (nSPS) is 15.0. The third-order valence-corrected chi connectivity index (χ3v) is 4.20. The molecule has 25 heavy (non-hydrogen) atoms. The molecule has 5 heteroatoms. The number of halogens is 2. The summed E-state index contributed by atoms with van der Waals surface area (Å²) < 4.78 is 32.3. The number of carbonyl (C=O) groups is 1. The minimum Gasteiger partial charge on any atom is -0.465 e. The number of hydrogen-bond donors (Lipinski definition) is 1. The topological polar surface area (TPSA) is 38.3 Å².